The minimum absolute atomic E-state index is 0.0384. The van der Waals surface area contributed by atoms with Crippen LogP contribution in [0, 0.1) is 0 Å². The minimum atomic E-state index is -0.0384. The second-order valence-electron chi connectivity index (χ2n) is 7.34. The van der Waals surface area contributed by atoms with Gasteiger partial charge in [0.1, 0.15) is 5.52 Å². The fourth-order valence-corrected chi connectivity index (χ4v) is 4.87. The van der Waals surface area contributed by atoms with Gasteiger partial charge in [0.15, 0.2) is 0 Å². The van der Waals surface area contributed by atoms with Crippen molar-refractivity contribution < 1.29 is 4.79 Å². The number of fused-ring (bicyclic) bond motifs is 3. The largest absolute Gasteiger partial charge is 0.309 e. The first-order valence-corrected chi connectivity index (χ1v) is 11.1. The van der Waals surface area contributed by atoms with Crippen molar-refractivity contribution >= 4 is 63.4 Å². The van der Waals surface area contributed by atoms with E-state index < -0.39 is 0 Å². The van der Waals surface area contributed by atoms with Crippen LogP contribution in [0.2, 0.25) is 15.1 Å². The lowest BCUT2D eigenvalue weighted by molar-refractivity contribution is -0.117. The molecule has 0 spiro atoms. The molecule has 1 amide bonds. The van der Waals surface area contributed by atoms with Crippen molar-refractivity contribution in [2.24, 2.45) is 0 Å². The standard InChI is InChI=1S/C22H22Cl3N3O/c1-3-13(4-2)15-8-9-16(24)20-21(15)27-11-5-6-19(29)28(22(27)26-20)18-10-7-14(23)12-17(18)25/h7-10,12-13H,3-6,11H2,1-2H3. The highest BCUT2D eigenvalue weighted by molar-refractivity contribution is 6.37. The molecule has 0 aliphatic carbocycles. The van der Waals surface area contributed by atoms with Crippen LogP contribution >= 0.6 is 34.8 Å². The summed E-state index contributed by atoms with van der Waals surface area (Å²) in [5.74, 6) is 0.928. The first-order valence-electron chi connectivity index (χ1n) is 9.92. The summed E-state index contributed by atoms with van der Waals surface area (Å²) in [4.78, 5) is 19.5. The number of nitrogens with zero attached hydrogens (tertiary/aromatic N) is 3. The Morgan fingerprint density at radius 1 is 1.07 bits per heavy atom. The Hall–Kier alpha value is -1.75. The van der Waals surface area contributed by atoms with Gasteiger partial charge in [-0.1, -0.05) is 54.7 Å². The van der Waals surface area contributed by atoms with Crippen molar-refractivity contribution in [3.8, 4) is 0 Å². The van der Waals surface area contributed by atoms with Crippen molar-refractivity contribution in [1.82, 2.24) is 9.55 Å². The maximum absolute atomic E-state index is 13.1. The molecule has 0 N–H and O–H groups in total. The number of anilines is 2. The number of benzene rings is 2. The predicted octanol–water partition coefficient (Wildman–Crippen LogP) is 7.36. The average molecular weight is 451 g/mol. The molecule has 0 fully saturated rings. The lowest BCUT2D eigenvalue weighted by Crippen LogP contribution is -2.26. The molecule has 1 aromatic heterocycles. The zero-order valence-corrected chi connectivity index (χ0v) is 18.7. The molecule has 29 heavy (non-hydrogen) atoms. The first kappa shape index (κ1) is 20.5. The quantitative estimate of drug-likeness (QED) is 0.416. The maximum Gasteiger partial charge on any atom is 0.234 e. The minimum Gasteiger partial charge on any atom is -0.309 e. The fourth-order valence-electron chi connectivity index (χ4n) is 4.18. The zero-order valence-electron chi connectivity index (χ0n) is 16.4. The van der Waals surface area contributed by atoms with Gasteiger partial charge in [-0.15, -0.1) is 0 Å². The van der Waals surface area contributed by atoms with Crippen molar-refractivity contribution in [1.29, 1.82) is 0 Å². The van der Waals surface area contributed by atoms with E-state index in [0.717, 1.165) is 30.3 Å². The number of carbonyl (C=O) groups excluding carboxylic acids is 1. The second kappa shape index (κ2) is 8.17. The van der Waals surface area contributed by atoms with E-state index in [1.54, 1.807) is 23.1 Å². The van der Waals surface area contributed by atoms with Gasteiger partial charge in [0, 0.05) is 18.0 Å². The Labute approximate surface area is 185 Å². The maximum atomic E-state index is 13.1. The Bertz CT molecular complexity index is 1090. The van der Waals surface area contributed by atoms with Crippen LogP contribution in [0.1, 0.15) is 51.0 Å². The van der Waals surface area contributed by atoms with E-state index in [2.05, 4.69) is 24.5 Å². The summed E-state index contributed by atoms with van der Waals surface area (Å²) in [6, 6.07) is 9.15. The number of imidazole rings is 1. The first-order chi connectivity index (χ1) is 14.0. The zero-order chi connectivity index (χ0) is 20.7. The van der Waals surface area contributed by atoms with Crippen molar-refractivity contribution in [2.45, 2.75) is 52.0 Å². The number of aryl methyl sites for hydroxylation is 1. The molecule has 7 heteroatoms. The summed E-state index contributed by atoms with van der Waals surface area (Å²) < 4.78 is 2.13. The van der Waals surface area contributed by atoms with Crippen LogP contribution in [0.15, 0.2) is 30.3 Å². The topological polar surface area (TPSA) is 38.1 Å². The van der Waals surface area contributed by atoms with Gasteiger partial charge in [-0.3, -0.25) is 4.79 Å². The van der Waals surface area contributed by atoms with E-state index in [1.807, 2.05) is 6.07 Å². The summed E-state index contributed by atoms with van der Waals surface area (Å²) in [6.07, 6.45) is 3.21. The van der Waals surface area contributed by atoms with Gasteiger partial charge in [-0.25, -0.2) is 9.88 Å². The Balaban J connectivity index is 2.01. The Kier molecular flexibility index (Phi) is 5.78. The monoisotopic (exact) mass is 449 g/mol. The smallest absolute Gasteiger partial charge is 0.234 e. The molecule has 4 rings (SSSR count). The third-order valence-corrected chi connectivity index (χ3v) is 6.50. The highest BCUT2D eigenvalue weighted by Crippen LogP contribution is 2.41. The summed E-state index contributed by atoms with van der Waals surface area (Å²) in [7, 11) is 0. The van der Waals surface area contributed by atoms with Crippen LogP contribution in [-0.4, -0.2) is 15.5 Å². The molecule has 2 aromatic carbocycles. The van der Waals surface area contributed by atoms with E-state index in [1.165, 1.54) is 5.56 Å². The molecule has 0 atom stereocenters. The summed E-state index contributed by atoms with van der Waals surface area (Å²) in [5.41, 5.74) is 3.56. The summed E-state index contributed by atoms with van der Waals surface area (Å²) >= 11 is 19.1. The average Bonchev–Trinajstić information content (AvgIpc) is 2.99. The van der Waals surface area contributed by atoms with Crippen molar-refractivity contribution in [3.63, 3.8) is 0 Å². The molecule has 1 aliphatic heterocycles. The molecule has 0 unspecified atom stereocenters. The van der Waals surface area contributed by atoms with Crippen LogP contribution in [0.5, 0.6) is 0 Å². The van der Waals surface area contributed by atoms with Crippen LogP contribution in [0.3, 0.4) is 0 Å². The lowest BCUT2D eigenvalue weighted by Gasteiger charge is -2.22. The molecule has 0 bridgehead atoms. The van der Waals surface area contributed by atoms with Gasteiger partial charge < -0.3 is 4.57 Å². The number of rotatable bonds is 4. The predicted molar refractivity (Wildman–Crippen MR) is 121 cm³/mol. The summed E-state index contributed by atoms with van der Waals surface area (Å²) in [5, 5.41) is 1.52. The molecule has 3 aromatic rings. The number of halogens is 3. The lowest BCUT2D eigenvalue weighted by atomic mass is 9.93. The number of hydrogen-bond donors (Lipinski definition) is 0. The molecular formula is C22H22Cl3N3O. The highest BCUT2D eigenvalue weighted by Gasteiger charge is 2.30. The molecular weight excluding hydrogens is 429 g/mol. The van der Waals surface area contributed by atoms with E-state index in [0.29, 0.717) is 45.6 Å². The van der Waals surface area contributed by atoms with Gasteiger partial charge in [0.2, 0.25) is 11.9 Å². The molecule has 0 radical (unpaired) electrons. The molecule has 1 aliphatic rings. The molecule has 152 valence electrons. The van der Waals surface area contributed by atoms with Gasteiger partial charge in [0.05, 0.1) is 21.2 Å². The number of aromatic nitrogens is 2. The van der Waals surface area contributed by atoms with Crippen molar-refractivity contribution in [2.75, 3.05) is 4.90 Å². The SMILES string of the molecule is CCC(CC)c1ccc(Cl)c2nc3n(c12)CCCC(=O)N3c1ccc(Cl)cc1Cl. The van der Waals surface area contributed by atoms with Crippen molar-refractivity contribution in [3.05, 3.63) is 51.0 Å². The highest BCUT2D eigenvalue weighted by atomic mass is 35.5. The van der Waals surface area contributed by atoms with Crippen LogP contribution in [0.25, 0.3) is 11.0 Å². The normalized spacial score (nSPS) is 14.6. The molecule has 4 nitrogen and oxygen atoms in total. The number of carbonyl (C=O) groups is 1. The molecule has 0 saturated carbocycles. The van der Waals surface area contributed by atoms with E-state index in [4.69, 9.17) is 39.8 Å². The van der Waals surface area contributed by atoms with Gasteiger partial charge in [-0.2, -0.15) is 0 Å². The van der Waals surface area contributed by atoms with Gasteiger partial charge >= 0.3 is 0 Å². The van der Waals surface area contributed by atoms with Crippen LogP contribution in [0.4, 0.5) is 11.6 Å². The van der Waals surface area contributed by atoms with E-state index in [9.17, 15) is 4.79 Å². The van der Waals surface area contributed by atoms with Crippen LogP contribution in [-0.2, 0) is 11.3 Å². The molecule has 0 saturated heterocycles. The number of hydrogen-bond acceptors (Lipinski definition) is 2. The van der Waals surface area contributed by atoms with E-state index >= 15 is 0 Å². The van der Waals surface area contributed by atoms with Gasteiger partial charge in [0.25, 0.3) is 0 Å². The Morgan fingerprint density at radius 2 is 1.83 bits per heavy atom. The van der Waals surface area contributed by atoms with Gasteiger partial charge in [-0.05, 0) is 55.0 Å². The third kappa shape index (κ3) is 3.52. The fraction of sp³-hybridized carbons (Fsp3) is 0.364. The summed E-state index contributed by atoms with van der Waals surface area (Å²) in [6.45, 7) is 5.09. The van der Waals surface area contributed by atoms with Crippen LogP contribution < -0.4 is 4.90 Å². The molecule has 2 heterocycles. The third-order valence-electron chi connectivity index (χ3n) is 5.65. The number of amides is 1. The van der Waals surface area contributed by atoms with E-state index in [-0.39, 0.29) is 5.91 Å². The Morgan fingerprint density at radius 3 is 2.52 bits per heavy atom. The second-order valence-corrected chi connectivity index (χ2v) is 8.59.